The van der Waals surface area contributed by atoms with Crippen LogP contribution in [0.3, 0.4) is 0 Å². The Bertz CT molecular complexity index is 280. The summed E-state index contributed by atoms with van der Waals surface area (Å²) in [5.41, 5.74) is -0.221. The van der Waals surface area contributed by atoms with Crippen LogP contribution in [0.25, 0.3) is 0 Å². The monoisotopic (exact) mass is 194 g/mol. The highest BCUT2D eigenvalue weighted by Crippen LogP contribution is 2.48. The van der Waals surface area contributed by atoms with E-state index in [2.05, 4.69) is 26.8 Å². The Kier molecular flexibility index (Phi) is 2.17. The minimum absolute atomic E-state index is 0.173. The molecule has 2 rings (SSSR count). The van der Waals surface area contributed by atoms with E-state index >= 15 is 0 Å². The second-order valence-electron chi connectivity index (χ2n) is 5.07. The molecule has 1 aliphatic heterocycles. The topological polar surface area (TPSA) is 26.3 Å². The van der Waals surface area contributed by atoms with Gasteiger partial charge in [-0.1, -0.05) is 19.9 Å². The lowest BCUT2D eigenvalue weighted by molar-refractivity contribution is -0.156. The zero-order valence-corrected chi connectivity index (χ0v) is 9.12. The summed E-state index contributed by atoms with van der Waals surface area (Å²) in [6.45, 7) is 6.57. The molecule has 1 heterocycles. The fourth-order valence-corrected chi connectivity index (χ4v) is 2.91. The Morgan fingerprint density at radius 1 is 1.57 bits per heavy atom. The summed E-state index contributed by atoms with van der Waals surface area (Å²) >= 11 is 0. The number of carbonyl (C=O) groups excluding carboxylic acids is 1. The van der Waals surface area contributed by atoms with Crippen LogP contribution in [0, 0.1) is 17.8 Å². The van der Waals surface area contributed by atoms with Gasteiger partial charge in [0.25, 0.3) is 0 Å². The number of hydrogen-bond acceptors (Lipinski definition) is 2. The van der Waals surface area contributed by atoms with Crippen LogP contribution in [-0.2, 0) is 9.53 Å². The van der Waals surface area contributed by atoms with Gasteiger partial charge in [0.1, 0.15) is 5.60 Å². The summed E-state index contributed by atoms with van der Waals surface area (Å²) in [4.78, 5) is 11.2. The molecule has 0 aromatic rings. The summed E-state index contributed by atoms with van der Waals surface area (Å²) in [7, 11) is 0. The van der Waals surface area contributed by atoms with Crippen molar-refractivity contribution in [2.24, 2.45) is 17.8 Å². The second-order valence-corrected chi connectivity index (χ2v) is 5.07. The van der Waals surface area contributed by atoms with E-state index < -0.39 is 0 Å². The SMILES string of the molecule is CC(C)C1CC[C@]2(C)OC(=O)C=C[C@H]12. The van der Waals surface area contributed by atoms with Crippen LogP contribution in [0.1, 0.15) is 33.6 Å². The first-order valence-electron chi connectivity index (χ1n) is 5.44. The van der Waals surface area contributed by atoms with Gasteiger partial charge in [-0.3, -0.25) is 0 Å². The van der Waals surface area contributed by atoms with Crippen LogP contribution in [0.15, 0.2) is 12.2 Å². The standard InChI is InChI=1S/C12H18O2/c1-8(2)9-6-7-12(3)10(9)4-5-11(13)14-12/h4-5,8-10H,6-7H2,1-3H3/t9?,10-,12+/m1/s1. The molecule has 1 unspecified atom stereocenters. The molecule has 1 saturated carbocycles. The van der Waals surface area contributed by atoms with Crippen LogP contribution in [0.4, 0.5) is 0 Å². The molecule has 0 saturated heterocycles. The highest BCUT2D eigenvalue weighted by molar-refractivity contribution is 5.83. The first kappa shape index (κ1) is 9.75. The quantitative estimate of drug-likeness (QED) is 0.600. The molecule has 0 radical (unpaired) electrons. The van der Waals surface area contributed by atoms with E-state index in [0.717, 1.165) is 6.42 Å². The van der Waals surface area contributed by atoms with Gasteiger partial charge in [0.05, 0.1) is 0 Å². The number of fused-ring (bicyclic) bond motifs is 1. The Morgan fingerprint density at radius 2 is 2.29 bits per heavy atom. The molecule has 3 atom stereocenters. The van der Waals surface area contributed by atoms with Crippen LogP contribution < -0.4 is 0 Å². The van der Waals surface area contributed by atoms with Crippen molar-refractivity contribution < 1.29 is 9.53 Å². The van der Waals surface area contributed by atoms with E-state index in [1.807, 2.05) is 0 Å². The third kappa shape index (κ3) is 1.37. The minimum atomic E-state index is -0.221. The Hall–Kier alpha value is -0.790. The maximum absolute atomic E-state index is 11.2. The van der Waals surface area contributed by atoms with Crippen molar-refractivity contribution in [3.05, 3.63) is 12.2 Å². The lowest BCUT2D eigenvalue weighted by atomic mass is 9.80. The minimum Gasteiger partial charge on any atom is -0.456 e. The van der Waals surface area contributed by atoms with E-state index in [0.29, 0.717) is 17.8 Å². The number of rotatable bonds is 1. The fraction of sp³-hybridized carbons (Fsp3) is 0.750. The van der Waals surface area contributed by atoms with Gasteiger partial charge in [-0.2, -0.15) is 0 Å². The van der Waals surface area contributed by atoms with Crippen molar-refractivity contribution >= 4 is 5.97 Å². The third-order valence-electron chi connectivity index (χ3n) is 3.77. The van der Waals surface area contributed by atoms with Crippen molar-refractivity contribution in [1.82, 2.24) is 0 Å². The van der Waals surface area contributed by atoms with Crippen LogP contribution in [-0.4, -0.2) is 11.6 Å². The van der Waals surface area contributed by atoms with Gasteiger partial charge in [0.15, 0.2) is 0 Å². The molecule has 78 valence electrons. The molecule has 0 amide bonds. The van der Waals surface area contributed by atoms with E-state index in [9.17, 15) is 4.79 Å². The number of hydrogen-bond donors (Lipinski definition) is 0. The molecule has 2 nitrogen and oxygen atoms in total. The Labute approximate surface area is 85.3 Å². The van der Waals surface area contributed by atoms with Crippen molar-refractivity contribution in [3.8, 4) is 0 Å². The molecule has 0 aromatic heterocycles. The van der Waals surface area contributed by atoms with Gasteiger partial charge in [-0.05, 0) is 31.6 Å². The van der Waals surface area contributed by atoms with Gasteiger partial charge in [0, 0.05) is 12.0 Å². The third-order valence-corrected chi connectivity index (χ3v) is 3.77. The zero-order chi connectivity index (χ0) is 10.3. The molecule has 0 spiro atoms. The molecule has 0 bridgehead atoms. The maximum atomic E-state index is 11.2. The Balaban J connectivity index is 2.26. The van der Waals surface area contributed by atoms with Crippen molar-refractivity contribution in [1.29, 1.82) is 0 Å². The largest absolute Gasteiger partial charge is 0.456 e. The van der Waals surface area contributed by atoms with Crippen molar-refractivity contribution in [3.63, 3.8) is 0 Å². The first-order valence-corrected chi connectivity index (χ1v) is 5.44. The van der Waals surface area contributed by atoms with Gasteiger partial charge in [0.2, 0.25) is 0 Å². The highest BCUT2D eigenvalue weighted by atomic mass is 16.6. The molecule has 2 heteroatoms. The molecule has 2 aliphatic rings. The molecule has 1 fully saturated rings. The van der Waals surface area contributed by atoms with E-state index in [4.69, 9.17) is 4.74 Å². The zero-order valence-electron chi connectivity index (χ0n) is 9.12. The second kappa shape index (κ2) is 3.11. The lowest BCUT2D eigenvalue weighted by Gasteiger charge is -2.35. The summed E-state index contributed by atoms with van der Waals surface area (Å²) in [6.07, 6.45) is 5.84. The van der Waals surface area contributed by atoms with Gasteiger partial charge in [-0.15, -0.1) is 0 Å². The summed E-state index contributed by atoms with van der Waals surface area (Å²) in [5, 5.41) is 0. The van der Waals surface area contributed by atoms with E-state index in [-0.39, 0.29) is 11.6 Å². The number of esters is 1. The normalized spacial score (nSPS) is 41.3. The van der Waals surface area contributed by atoms with Gasteiger partial charge >= 0.3 is 5.97 Å². The van der Waals surface area contributed by atoms with Crippen molar-refractivity contribution in [2.45, 2.75) is 39.2 Å². The Morgan fingerprint density at radius 3 is 2.93 bits per heavy atom. The van der Waals surface area contributed by atoms with E-state index in [1.165, 1.54) is 6.42 Å². The fourth-order valence-electron chi connectivity index (χ4n) is 2.91. The maximum Gasteiger partial charge on any atom is 0.330 e. The van der Waals surface area contributed by atoms with Gasteiger partial charge < -0.3 is 4.74 Å². The molecule has 0 aromatic carbocycles. The average molecular weight is 194 g/mol. The summed E-state index contributed by atoms with van der Waals surface area (Å²) in [5.74, 6) is 1.60. The predicted octanol–water partition coefficient (Wildman–Crippen LogP) is 2.54. The van der Waals surface area contributed by atoms with Crippen LogP contribution in [0.5, 0.6) is 0 Å². The summed E-state index contributed by atoms with van der Waals surface area (Å²) < 4.78 is 5.45. The van der Waals surface area contributed by atoms with Crippen molar-refractivity contribution in [2.75, 3.05) is 0 Å². The number of ether oxygens (including phenoxy) is 1. The molecular formula is C12H18O2. The lowest BCUT2D eigenvalue weighted by Crippen LogP contribution is -2.39. The van der Waals surface area contributed by atoms with Crippen LogP contribution in [0.2, 0.25) is 0 Å². The molecule has 14 heavy (non-hydrogen) atoms. The van der Waals surface area contributed by atoms with E-state index in [1.54, 1.807) is 6.08 Å². The predicted molar refractivity (Wildman–Crippen MR) is 54.7 cm³/mol. The molecule has 1 aliphatic carbocycles. The number of carbonyl (C=O) groups is 1. The van der Waals surface area contributed by atoms with Gasteiger partial charge in [-0.25, -0.2) is 4.79 Å². The van der Waals surface area contributed by atoms with Crippen LogP contribution >= 0.6 is 0 Å². The molecular weight excluding hydrogens is 176 g/mol. The molecule has 0 N–H and O–H groups in total. The summed E-state index contributed by atoms with van der Waals surface area (Å²) in [6, 6.07) is 0. The highest BCUT2D eigenvalue weighted by Gasteiger charge is 2.48. The smallest absolute Gasteiger partial charge is 0.330 e. The first-order chi connectivity index (χ1) is 6.53. The average Bonchev–Trinajstić information content (AvgIpc) is 2.40.